The third-order valence-electron chi connectivity index (χ3n) is 1.81. The van der Waals surface area contributed by atoms with Crippen LogP contribution in [-0.2, 0) is 0 Å². The normalized spacial score (nSPS) is 20.7. The molecule has 1 N–H and O–H groups in total. The largest absolute Gasteiger partial charge is 0.326 e. The van der Waals surface area contributed by atoms with Crippen LogP contribution >= 0.6 is 0 Å². The van der Waals surface area contributed by atoms with E-state index in [1.165, 1.54) is 11.1 Å². The third-order valence-corrected chi connectivity index (χ3v) is 1.81. The van der Waals surface area contributed by atoms with E-state index in [1.54, 1.807) is 0 Å². The molecule has 2 nitrogen and oxygen atoms in total. The number of hydrazine groups is 1. The molecule has 10 heavy (non-hydrogen) atoms. The second kappa shape index (κ2) is 2.88. The van der Waals surface area contributed by atoms with Crippen LogP contribution in [0.3, 0.4) is 0 Å². The van der Waals surface area contributed by atoms with Gasteiger partial charge >= 0.3 is 0 Å². The zero-order valence-corrected chi connectivity index (χ0v) is 6.81. The summed E-state index contributed by atoms with van der Waals surface area (Å²) in [6, 6.07) is 0. The van der Waals surface area contributed by atoms with Gasteiger partial charge in [0, 0.05) is 19.8 Å². The van der Waals surface area contributed by atoms with Crippen LogP contribution in [0, 0.1) is 0 Å². The maximum atomic E-state index is 3.12. The van der Waals surface area contributed by atoms with Gasteiger partial charge in [0.1, 0.15) is 0 Å². The van der Waals surface area contributed by atoms with E-state index in [4.69, 9.17) is 0 Å². The molecule has 0 radical (unpaired) electrons. The number of nitrogens with one attached hydrogen (secondary N) is 1. The van der Waals surface area contributed by atoms with Gasteiger partial charge in [0.2, 0.25) is 0 Å². The fourth-order valence-corrected chi connectivity index (χ4v) is 0.959. The highest BCUT2D eigenvalue weighted by molar-refractivity contribution is 5.31. The van der Waals surface area contributed by atoms with Crippen molar-refractivity contribution in [1.29, 1.82) is 0 Å². The molecule has 0 aliphatic carbocycles. The molecular weight excluding hydrogens is 124 g/mol. The second-order valence-electron chi connectivity index (χ2n) is 2.63. The number of nitrogens with zero attached hydrogens (tertiary/aromatic N) is 1. The van der Waals surface area contributed by atoms with Crippen molar-refractivity contribution in [1.82, 2.24) is 10.4 Å². The van der Waals surface area contributed by atoms with E-state index in [0.717, 1.165) is 6.54 Å². The molecule has 0 aromatic carbocycles. The first-order valence-electron chi connectivity index (χ1n) is 3.53. The van der Waals surface area contributed by atoms with Crippen LogP contribution in [-0.4, -0.2) is 18.6 Å². The lowest BCUT2D eigenvalue weighted by molar-refractivity contribution is 0.329. The van der Waals surface area contributed by atoms with Crippen LogP contribution in [0.15, 0.2) is 23.4 Å². The summed E-state index contributed by atoms with van der Waals surface area (Å²) < 4.78 is 0. The lowest BCUT2D eigenvalue weighted by Gasteiger charge is -2.07. The Morgan fingerprint density at radius 3 is 2.90 bits per heavy atom. The van der Waals surface area contributed by atoms with Gasteiger partial charge in [0.05, 0.1) is 0 Å². The van der Waals surface area contributed by atoms with Crippen LogP contribution in [0.4, 0.5) is 0 Å². The topological polar surface area (TPSA) is 15.3 Å². The summed E-state index contributed by atoms with van der Waals surface area (Å²) in [6.07, 6.45) is 4.18. The van der Waals surface area contributed by atoms with Crippen molar-refractivity contribution in [2.24, 2.45) is 0 Å². The third kappa shape index (κ3) is 1.39. The first-order chi connectivity index (χ1) is 4.74. The van der Waals surface area contributed by atoms with E-state index in [-0.39, 0.29) is 0 Å². The maximum absolute atomic E-state index is 3.12. The first kappa shape index (κ1) is 7.35. The maximum Gasteiger partial charge on any atom is 0.0443 e. The molecule has 1 aliphatic heterocycles. The zero-order chi connectivity index (χ0) is 7.56. The van der Waals surface area contributed by atoms with Gasteiger partial charge < -0.3 is 5.43 Å². The van der Waals surface area contributed by atoms with Crippen LogP contribution < -0.4 is 5.43 Å². The van der Waals surface area contributed by atoms with E-state index in [2.05, 4.69) is 36.6 Å². The highest BCUT2D eigenvalue weighted by Gasteiger charge is 2.08. The lowest BCUT2D eigenvalue weighted by atomic mass is 10.1. The molecule has 56 valence electrons. The number of rotatable bonds is 1. The standard InChI is InChI=1S/C8H14N2/c1-4-7(2)8-5-9-10(3)6-8/h4-5,9H,6H2,1-3H3/b7-4+. The molecule has 0 bridgehead atoms. The van der Waals surface area contributed by atoms with E-state index >= 15 is 0 Å². The lowest BCUT2D eigenvalue weighted by Crippen LogP contribution is -2.24. The van der Waals surface area contributed by atoms with Crippen molar-refractivity contribution in [2.75, 3.05) is 13.6 Å². The van der Waals surface area contributed by atoms with Crippen molar-refractivity contribution >= 4 is 0 Å². The second-order valence-corrected chi connectivity index (χ2v) is 2.63. The molecule has 1 heterocycles. The highest BCUT2D eigenvalue weighted by atomic mass is 15.5. The summed E-state index contributed by atoms with van der Waals surface area (Å²) in [5.41, 5.74) is 5.85. The van der Waals surface area contributed by atoms with Crippen molar-refractivity contribution in [3.05, 3.63) is 23.4 Å². The molecular formula is C8H14N2. The van der Waals surface area contributed by atoms with E-state index in [0.29, 0.717) is 0 Å². The average Bonchev–Trinajstić information content (AvgIpc) is 2.34. The Morgan fingerprint density at radius 1 is 1.80 bits per heavy atom. The molecule has 0 atom stereocenters. The molecule has 0 aromatic heterocycles. The zero-order valence-electron chi connectivity index (χ0n) is 6.81. The molecule has 0 fully saturated rings. The van der Waals surface area contributed by atoms with Gasteiger partial charge in [0.15, 0.2) is 0 Å². The minimum absolute atomic E-state index is 1.01. The Bertz CT molecular complexity index is 180. The van der Waals surface area contributed by atoms with Gasteiger partial charge in [0.25, 0.3) is 0 Å². The molecule has 0 unspecified atom stereocenters. The fourth-order valence-electron chi connectivity index (χ4n) is 0.959. The molecule has 0 aromatic rings. The van der Waals surface area contributed by atoms with Crippen molar-refractivity contribution < 1.29 is 0 Å². The van der Waals surface area contributed by atoms with Crippen LogP contribution in [0.25, 0.3) is 0 Å². The molecule has 1 aliphatic rings. The Kier molecular flexibility index (Phi) is 2.12. The van der Waals surface area contributed by atoms with E-state index in [9.17, 15) is 0 Å². The number of hydrogen-bond acceptors (Lipinski definition) is 2. The van der Waals surface area contributed by atoms with Gasteiger partial charge in [-0.25, -0.2) is 5.01 Å². The first-order valence-corrected chi connectivity index (χ1v) is 3.53. The van der Waals surface area contributed by atoms with Gasteiger partial charge in [-0.05, 0) is 25.0 Å². The minimum atomic E-state index is 1.01. The molecule has 1 rings (SSSR count). The molecule has 0 spiro atoms. The van der Waals surface area contributed by atoms with Crippen molar-refractivity contribution in [3.63, 3.8) is 0 Å². The SMILES string of the molecule is C/C=C(\C)C1=CNN(C)C1. The molecule has 0 saturated carbocycles. The average molecular weight is 138 g/mol. The Balaban J connectivity index is 2.60. The van der Waals surface area contributed by atoms with Crippen LogP contribution in [0.5, 0.6) is 0 Å². The van der Waals surface area contributed by atoms with E-state index < -0.39 is 0 Å². The van der Waals surface area contributed by atoms with Crippen LogP contribution in [0.2, 0.25) is 0 Å². The van der Waals surface area contributed by atoms with Crippen LogP contribution in [0.1, 0.15) is 13.8 Å². The predicted molar refractivity (Wildman–Crippen MR) is 43.3 cm³/mol. The molecule has 2 heteroatoms. The van der Waals surface area contributed by atoms with Gasteiger partial charge in [-0.2, -0.15) is 0 Å². The van der Waals surface area contributed by atoms with Gasteiger partial charge in [-0.15, -0.1) is 0 Å². The Hall–Kier alpha value is -0.760. The van der Waals surface area contributed by atoms with Crippen molar-refractivity contribution in [3.8, 4) is 0 Å². The highest BCUT2D eigenvalue weighted by Crippen LogP contribution is 2.12. The summed E-state index contributed by atoms with van der Waals surface area (Å²) in [4.78, 5) is 0. The number of likely N-dealkylation sites (N-methyl/N-ethyl adjacent to an activating group) is 1. The smallest absolute Gasteiger partial charge is 0.0443 e. The van der Waals surface area contributed by atoms with Gasteiger partial charge in [-0.1, -0.05) is 6.08 Å². The Labute approximate surface area is 62.2 Å². The summed E-state index contributed by atoms with van der Waals surface area (Å²) in [7, 11) is 2.03. The summed E-state index contributed by atoms with van der Waals surface area (Å²) in [5, 5.41) is 2.06. The number of hydrogen-bond donors (Lipinski definition) is 1. The molecule has 0 saturated heterocycles. The Morgan fingerprint density at radius 2 is 2.50 bits per heavy atom. The van der Waals surface area contributed by atoms with Gasteiger partial charge in [-0.3, -0.25) is 0 Å². The van der Waals surface area contributed by atoms with E-state index in [1.807, 2.05) is 7.05 Å². The minimum Gasteiger partial charge on any atom is -0.326 e. The number of allylic oxidation sites excluding steroid dienone is 1. The summed E-state index contributed by atoms with van der Waals surface area (Å²) in [5.74, 6) is 0. The summed E-state index contributed by atoms with van der Waals surface area (Å²) >= 11 is 0. The predicted octanol–water partition coefficient (Wildman–Crippen LogP) is 1.29. The fraction of sp³-hybridized carbons (Fsp3) is 0.500. The monoisotopic (exact) mass is 138 g/mol. The van der Waals surface area contributed by atoms with Crippen molar-refractivity contribution in [2.45, 2.75) is 13.8 Å². The summed E-state index contributed by atoms with van der Waals surface area (Å²) in [6.45, 7) is 5.21. The molecule has 0 amide bonds. The quantitative estimate of drug-likeness (QED) is 0.587.